The fourth-order valence-corrected chi connectivity index (χ4v) is 2.51. The second kappa shape index (κ2) is 6.87. The fraction of sp³-hybridized carbons (Fsp3) is 0.667. The highest BCUT2D eigenvalue weighted by atomic mass is 16.5. The molecule has 4 nitrogen and oxygen atoms in total. The van der Waals surface area contributed by atoms with Gasteiger partial charge in [-0.3, -0.25) is 9.80 Å². The molecule has 1 saturated heterocycles. The normalized spacial score (nSPS) is 19.3. The Morgan fingerprint density at radius 1 is 1.26 bits per heavy atom. The molecule has 0 aliphatic carbocycles. The predicted molar refractivity (Wildman–Crippen MR) is 77.4 cm³/mol. The molecular formula is C15H25N3O. The number of hydrogen-bond donors (Lipinski definition) is 0. The van der Waals surface area contributed by atoms with Gasteiger partial charge in [0.1, 0.15) is 0 Å². The number of piperazine rings is 1. The Balaban J connectivity index is 1.85. The Bertz CT molecular complexity index is 389. The summed E-state index contributed by atoms with van der Waals surface area (Å²) in [5, 5.41) is 0. The number of methoxy groups -OCH3 is 1. The van der Waals surface area contributed by atoms with Crippen LogP contribution in [0.1, 0.15) is 26.0 Å². The van der Waals surface area contributed by atoms with Crippen LogP contribution in [-0.4, -0.2) is 54.1 Å². The van der Waals surface area contributed by atoms with E-state index < -0.39 is 0 Å². The predicted octanol–water partition coefficient (Wildman–Crippen LogP) is 2.01. The molecule has 1 aliphatic heterocycles. The van der Waals surface area contributed by atoms with Gasteiger partial charge in [-0.05, 0) is 19.4 Å². The number of nitrogens with zero attached hydrogens (tertiary/aromatic N) is 3. The van der Waals surface area contributed by atoms with Crippen molar-refractivity contribution in [1.82, 2.24) is 14.8 Å². The molecule has 1 fully saturated rings. The molecule has 0 amide bonds. The van der Waals surface area contributed by atoms with E-state index in [1.807, 2.05) is 12.1 Å². The van der Waals surface area contributed by atoms with E-state index in [1.54, 1.807) is 7.11 Å². The van der Waals surface area contributed by atoms with Crippen molar-refractivity contribution in [3.8, 4) is 5.88 Å². The van der Waals surface area contributed by atoms with Gasteiger partial charge in [0.25, 0.3) is 0 Å². The molecule has 1 aliphatic rings. The SMILES string of the molecule is CCC(C)N1CCN(Cc2cccc(OC)n2)CC1. The monoisotopic (exact) mass is 263 g/mol. The summed E-state index contributed by atoms with van der Waals surface area (Å²) < 4.78 is 5.17. The van der Waals surface area contributed by atoms with E-state index in [4.69, 9.17) is 4.74 Å². The number of aromatic nitrogens is 1. The maximum Gasteiger partial charge on any atom is 0.213 e. The molecule has 0 N–H and O–H groups in total. The molecule has 1 atom stereocenters. The molecule has 4 heteroatoms. The molecule has 1 aromatic rings. The summed E-state index contributed by atoms with van der Waals surface area (Å²) in [7, 11) is 1.66. The number of ether oxygens (including phenoxy) is 1. The molecule has 1 aromatic heterocycles. The molecule has 106 valence electrons. The zero-order chi connectivity index (χ0) is 13.7. The van der Waals surface area contributed by atoms with Gasteiger partial charge in [-0.25, -0.2) is 4.98 Å². The first-order valence-corrected chi connectivity index (χ1v) is 7.19. The lowest BCUT2D eigenvalue weighted by Crippen LogP contribution is -2.49. The molecule has 0 aromatic carbocycles. The van der Waals surface area contributed by atoms with Crippen molar-refractivity contribution >= 4 is 0 Å². The minimum Gasteiger partial charge on any atom is -0.481 e. The van der Waals surface area contributed by atoms with Gasteiger partial charge in [-0.15, -0.1) is 0 Å². The largest absolute Gasteiger partial charge is 0.481 e. The summed E-state index contributed by atoms with van der Waals surface area (Å²) in [6.07, 6.45) is 1.23. The molecule has 0 radical (unpaired) electrons. The Morgan fingerprint density at radius 2 is 2.00 bits per heavy atom. The summed E-state index contributed by atoms with van der Waals surface area (Å²) in [5.41, 5.74) is 1.09. The highest BCUT2D eigenvalue weighted by molar-refractivity contribution is 5.15. The maximum absolute atomic E-state index is 5.17. The molecule has 1 unspecified atom stereocenters. The maximum atomic E-state index is 5.17. The van der Waals surface area contributed by atoms with Gasteiger partial charge in [0, 0.05) is 44.8 Å². The minimum absolute atomic E-state index is 0.704. The third kappa shape index (κ3) is 3.91. The van der Waals surface area contributed by atoms with Crippen LogP contribution in [0.5, 0.6) is 5.88 Å². The van der Waals surface area contributed by atoms with Crippen molar-refractivity contribution in [3.63, 3.8) is 0 Å². The van der Waals surface area contributed by atoms with E-state index in [-0.39, 0.29) is 0 Å². The first-order valence-electron chi connectivity index (χ1n) is 7.19. The second-order valence-electron chi connectivity index (χ2n) is 5.24. The third-order valence-electron chi connectivity index (χ3n) is 4.00. The Labute approximate surface area is 116 Å². The van der Waals surface area contributed by atoms with Gasteiger partial charge in [-0.2, -0.15) is 0 Å². The van der Waals surface area contributed by atoms with Crippen LogP contribution in [0, 0.1) is 0 Å². The van der Waals surface area contributed by atoms with Gasteiger partial charge in [0.2, 0.25) is 5.88 Å². The fourth-order valence-electron chi connectivity index (χ4n) is 2.51. The molecular weight excluding hydrogens is 238 g/mol. The van der Waals surface area contributed by atoms with Gasteiger partial charge in [0.15, 0.2) is 0 Å². The lowest BCUT2D eigenvalue weighted by Gasteiger charge is -2.37. The molecule has 0 spiro atoms. The van der Waals surface area contributed by atoms with Gasteiger partial charge in [0.05, 0.1) is 12.8 Å². The summed E-state index contributed by atoms with van der Waals surface area (Å²) in [6.45, 7) is 10.1. The zero-order valence-electron chi connectivity index (χ0n) is 12.3. The van der Waals surface area contributed by atoms with E-state index in [0.717, 1.165) is 25.3 Å². The first kappa shape index (κ1) is 14.3. The van der Waals surface area contributed by atoms with Crippen molar-refractivity contribution < 1.29 is 4.74 Å². The van der Waals surface area contributed by atoms with Crippen LogP contribution < -0.4 is 4.74 Å². The number of rotatable bonds is 5. The highest BCUT2D eigenvalue weighted by Crippen LogP contribution is 2.13. The van der Waals surface area contributed by atoms with Crippen molar-refractivity contribution in [3.05, 3.63) is 23.9 Å². The van der Waals surface area contributed by atoms with E-state index in [1.165, 1.54) is 19.5 Å². The van der Waals surface area contributed by atoms with Crippen LogP contribution in [0.25, 0.3) is 0 Å². The molecule has 0 saturated carbocycles. The number of hydrogen-bond acceptors (Lipinski definition) is 4. The van der Waals surface area contributed by atoms with Crippen LogP contribution in [0.3, 0.4) is 0 Å². The average Bonchev–Trinajstić information content (AvgIpc) is 2.47. The van der Waals surface area contributed by atoms with E-state index in [0.29, 0.717) is 11.9 Å². The topological polar surface area (TPSA) is 28.6 Å². The highest BCUT2D eigenvalue weighted by Gasteiger charge is 2.20. The Kier molecular flexibility index (Phi) is 5.16. The van der Waals surface area contributed by atoms with Crippen LogP contribution in [-0.2, 0) is 6.54 Å². The van der Waals surface area contributed by atoms with Crippen molar-refractivity contribution in [1.29, 1.82) is 0 Å². The minimum atomic E-state index is 0.704. The third-order valence-corrected chi connectivity index (χ3v) is 4.00. The first-order chi connectivity index (χ1) is 9.22. The lowest BCUT2D eigenvalue weighted by molar-refractivity contribution is 0.0955. The zero-order valence-corrected chi connectivity index (χ0v) is 12.3. The average molecular weight is 263 g/mol. The van der Waals surface area contributed by atoms with E-state index in [9.17, 15) is 0 Å². The van der Waals surface area contributed by atoms with Gasteiger partial charge < -0.3 is 4.74 Å². The van der Waals surface area contributed by atoms with Gasteiger partial charge in [-0.1, -0.05) is 13.0 Å². The summed E-state index contributed by atoms with van der Waals surface area (Å²) in [6, 6.07) is 6.68. The van der Waals surface area contributed by atoms with Crippen LogP contribution in [0.15, 0.2) is 18.2 Å². The quantitative estimate of drug-likeness (QED) is 0.812. The Hall–Kier alpha value is -1.13. The molecule has 2 rings (SSSR count). The molecule has 0 bridgehead atoms. The number of pyridine rings is 1. The van der Waals surface area contributed by atoms with Crippen molar-refractivity contribution in [2.75, 3.05) is 33.3 Å². The smallest absolute Gasteiger partial charge is 0.213 e. The second-order valence-corrected chi connectivity index (χ2v) is 5.24. The Morgan fingerprint density at radius 3 is 2.63 bits per heavy atom. The van der Waals surface area contributed by atoms with Crippen LogP contribution in [0.4, 0.5) is 0 Å². The van der Waals surface area contributed by atoms with Crippen molar-refractivity contribution in [2.24, 2.45) is 0 Å². The molecule has 19 heavy (non-hydrogen) atoms. The van der Waals surface area contributed by atoms with Crippen molar-refractivity contribution in [2.45, 2.75) is 32.9 Å². The standard InChI is InChI=1S/C15H25N3O/c1-4-13(2)18-10-8-17(9-11-18)12-14-6-5-7-15(16-14)19-3/h5-7,13H,4,8-12H2,1-3H3. The van der Waals surface area contributed by atoms with E-state index >= 15 is 0 Å². The van der Waals surface area contributed by atoms with Crippen LogP contribution in [0.2, 0.25) is 0 Å². The summed E-state index contributed by atoms with van der Waals surface area (Å²) in [4.78, 5) is 9.53. The molecule has 2 heterocycles. The lowest BCUT2D eigenvalue weighted by atomic mass is 10.2. The van der Waals surface area contributed by atoms with E-state index in [2.05, 4.69) is 34.7 Å². The summed E-state index contributed by atoms with van der Waals surface area (Å²) in [5.74, 6) is 0.704. The summed E-state index contributed by atoms with van der Waals surface area (Å²) >= 11 is 0. The van der Waals surface area contributed by atoms with Gasteiger partial charge >= 0.3 is 0 Å². The van der Waals surface area contributed by atoms with Crippen LogP contribution >= 0.6 is 0 Å².